The van der Waals surface area contributed by atoms with Gasteiger partial charge < -0.3 is 4.90 Å². The van der Waals surface area contributed by atoms with Gasteiger partial charge >= 0.3 is 0 Å². The average molecular weight is 349 g/mol. The Labute approximate surface area is 152 Å². The van der Waals surface area contributed by atoms with Crippen molar-refractivity contribution in [1.82, 2.24) is 24.9 Å². The Hall–Kier alpha value is -2.89. The molecule has 6 nitrogen and oxygen atoms in total. The Morgan fingerprint density at radius 2 is 2.00 bits per heavy atom. The third-order valence-corrected chi connectivity index (χ3v) is 5.34. The van der Waals surface area contributed by atoms with Crippen LogP contribution in [-0.2, 0) is 7.05 Å². The molecule has 134 valence electrons. The van der Waals surface area contributed by atoms with Gasteiger partial charge in [-0.15, -0.1) is 0 Å². The molecule has 1 aliphatic rings. The van der Waals surface area contributed by atoms with Crippen LogP contribution in [0.15, 0.2) is 36.5 Å². The number of hydrogen-bond acceptors (Lipinski definition) is 3. The molecule has 2 aromatic heterocycles. The van der Waals surface area contributed by atoms with Gasteiger partial charge in [0.1, 0.15) is 0 Å². The van der Waals surface area contributed by atoms with Crippen LogP contribution in [0.4, 0.5) is 0 Å². The molecule has 3 heterocycles. The fourth-order valence-corrected chi connectivity index (χ4v) is 4.01. The molecule has 1 saturated heterocycles. The second kappa shape index (κ2) is 6.44. The highest BCUT2D eigenvalue weighted by molar-refractivity contribution is 6.00. The highest BCUT2D eigenvalue weighted by Crippen LogP contribution is 2.37. The lowest BCUT2D eigenvalue weighted by Crippen LogP contribution is -2.31. The SMILES string of the molecule is Cc1nn(C)c(C)c1[C@H]1CCCN1C(=O)c1cn[nH]c1-c1ccccc1. The molecule has 1 amide bonds. The normalized spacial score (nSPS) is 17.0. The highest BCUT2D eigenvalue weighted by Gasteiger charge is 2.35. The van der Waals surface area contributed by atoms with E-state index in [2.05, 4.69) is 22.2 Å². The number of aryl methyl sites for hydroxylation is 2. The number of carbonyl (C=O) groups is 1. The van der Waals surface area contributed by atoms with Gasteiger partial charge in [-0.2, -0.15) is 10.2 Å². The first-order valence-corrected chi connectivity index (χ1v) is 8.97. The van der Waals surface area contributed by atoms with Crippen LogP contribution >= 0.6 is 0 Å². The number of aromatic amines is 1. The summed E-state index contributed by atoms with van der Waals surface area (Å²) in [4.78, 5) is 15.3. The fraction of sp³-hybridized carbons (Fsp3) is 0.350. The molecule has 1 aromatic carbocycles. The van der Waals surface area contributed by atoms with Crippen LogP contribution in [-0.4, -0.2) is 37.3 Å². The van der Waals surface area contributed by atoms with Crippen LogP contribution in [0, 0.1) is 13.8 Å². The van der Waals surface area contributed by atoms with Gasteiger partial charge in [-0.25, -0.2) is 0 Å². The predicted molar refractivity (Wildman–Crippen MR) is 99.7 cm³/mol. The number of benzene rings is 1. The molecule has 0 unspecified atom stereocenters. The molecular formula is C20H23N5O. The molecule has 0 bridgehead atoms. The summed E-state index contributed by atoms with van der Waals surface area (Å²) in [5, 5.41) is 11.7. The van der Waals surface area contributed by atoms with E-state index in [1.165, 1.54) is 5.56 Å². The first kappa shape index (κ1) is 16.6. The van der Waals surface area contributed by atoms with Gasteiger partial charge in [-0.05, 0) is 26.7 Å². The quantitative estimate of drug-likeness (QED) is 0.788. The fourth-order valence-electron chi connectivity index (χ4n) is 4.01. The second-order valence-electron chi connectivity index (χ2n) is 6.89. The van der Waals surface area contributed by atoms with Crippen LogP contribution in [0.5, 0.6) is 0 Å². The Kier molecular flexibility index (Phi) is 4.11. The van der Waals surface area contributed by atoms with Crippen LogP contribution < -0.4 is 0 Å². The van der Waals surface area contributed by atoms with Crippen LogP contribution in [0.3, 0.4) is 0 Å². The molecule has 0 radical (unpaired) electrons. The lowest BCUT2D eigenvalue weighted by atomic mass is 10.0. The molecule has 0 aliphatic carbocycles. The van der Waals surface area contributed by atoms with E-state index in [0.29, 0.717) is 5.56 Å². The molecule has 26 heavy (non-hydrogen) atoms. The van der Waals surface area contributed by atoms with Crippen LogP contribution in [0.25, 0.3) is 11.3 Å². The van der Waals surface area contributed by atoms with Crippen molar-refractivity contribution in [1.29, 1.82) is 0 Å². The van der Waals surface area contributed by atoms with E-state index in [9.17, 15) is 4.79 Å². The highest BCUT2D eigenvalue weighted by atomic mass is 16.2. The van der Waals surface area contributed by atoms with E-state index in [-0.39, 0.29) is 11.9 Å². The summed E-state index contributed by atoms with van der Waals surface area (Å²) in [6.45, 7) is 4.86. The van der Waals surface area contributed by atoms with Crippen molar-refractivity contribution in [2.24, 2.45) is 7.05 Å². The Morgan fingerprint density at radius 1 is 1.23 bits per heavy atom. The number of hydrogen-bond donors (Lipinski definition) is 1. The van der Waals surface area contributed by atoms with Crippen molar-refractivity contribution in [2.45, 2.75) is 32.7 Å². The van der Waals surface area contributed by atoms with Crippen LogP contribution in [0.1, 0.15) is 46.2 Å². The van der Waals surface area contributed by atoms with Crippen molar-refractivity contribution in [3.05, 3.63) is 59.0 Å². The van der Waals surface area contributed by atoms with Crippen LogP contribution in [0.2, 0.25) is 0 Å². The van der Waals surface area contributed by atoms with Crippen molar-refractivity contribution in [3.8, 4) is 11.3 Å². The summed E-state index contributed by atoms with van der Waals surface area (Å²) in [5.41, 5.74) is 5.69. The van der Waals surface area contributed by atoms with E-state index >= 15 is 0 Å². The zero-order chi connectivity index (χ0) is 18.3. The predicted octanol–water partition coefficient (Wildman–Crippen LogP) is 3.40. The Bertz CT molecular complexity index is 941. The minimum absolute atomic E-state index is 0.0303. The zero-order valence-electron chi connectivity index (χ0n) is 15.4. The van der Waals surface area contributed by atoms with Gasteiger partial charge in [0.15, 0.2) is 0 Å². The third-order valence-electron chi connectivity index (χ3n) is 5.34. The smallest absolute Gasteiger partial charge is 0.258 e. The minimum atomic E-state index is 0.0303. The van der Waals surface area contributed by atoms with E-state index in [0.717, 1.165) is 42.0 Å². The summed E-state index contributed by atoms with van der Waals surface area (Å²) in [7, 11) is 1.95. The van der Waals surface area contributed by atoms with E-state index in [4.69, 9.17) is 0 Å². The third kappa shape index (κ3) is 2.62. The van der Waals surface area contributed by atoms with Gasteiger partial charge in [-0.3, -0.25) is 14.6 Å². The maximum atomic E-state index is 13.4. The van der Waals surface area contributed by atoms with Crippen molar-refractivity contribution in [3.63, 3.8) is 0 Å². The van der Waals surface area contributed by atoms with Crippen molar-refractivity contribution >= 4 is 5.91 Å². The molecule has 3 aromatic rings. The summed E-state index contributed by atoms with van der Waals surface area (Å²) in [6.07, 6.45) is 3.61. The molecule has 1 N–H and O–H groups in total. The van der Waals surface area contributed by atoms with Gasteiger partial charge in [0, 0.05) is 30.4 Å². The molecule has 1 fully saturated rings. The molecule has 1 atom stereocenters. The molecule has 6 heteroatoms. The molecule has 1 aliphatic heterocycles. The van der Waals surface area contributed by atoms with Gasteiger partial charge in [0.2, 0.25) is 0 Å². The van der Waals surface area contributed by atoms with Gasteiger partial charge in [0.05, 0.1) is 29.2 Å². The number of rotatable bonds is 3. The van der Waals surface area contributed by atoms with Crippen molar-refractivity contribution < 1.29 is 4.79 Å². The largest absolute Gasteiger partial charge is 0.331 e. The number of carbonyl (C=O) groups excluding carboxylic acids is 1. The molecule has 4 rings (SSSR count). The summed E-state index contributed by atoms with van der Waals surface area (Å²) < 4.78 is 1.90. The summed E-state index contributed by atoms with van der Waals surface area (Å²) >= 11 is 0. The van der Waals surface area contributed by atoms with E-state index < -0.39 is 0 Å². The second-order valence-corrected chi connectivity index (χ2v) is 6.89. The average Bonchev–Trinajstić information content (AvgIpc) is 3.36. The number of amides is 1. The number of H-pyrrole nitrogens is 1. The number of aromatic nitrogens is 4. The Balaban J connectivity index is 1.70. The molecular weight excluding hydrogens is 326 g/mol. The number of nitrogens with one attached hydrogen (secondary N) is 1. The minimum Gasteiger partial charge on any atom is -0.331 e. The van der Waals surface area contributed by atoms with E-state index in [1.54, 1.807) is 6.20 Å². The van der Waals surface area contributed by atoms with Gasteiger partial charge in [0.25, 0.3) is 5.91 Å². The molecule has 0 saturated carbocycles. The molecule has 0 spiro atoms. The standard InChI is InChI=1S/C20H23N5O/c1-13-18(14(2)24(3)23-13)17-10-7-11-25(17)20(26)16-12-21-22-19(16)15-8-5-4-6-9-15/h4-6,8-9,12,17H,7,10-11H2,1-3H3,(H,21,22)/t17-/m1/s1. The maximum Gasteiger partial charge on any atom is 0.258 e. The first-order chi connectivity index (χ1) is 12.6. The van der Waals surface area contributed by atoms with E-state index in [1.807, 2.05) is 53.9 Å². The summed E-state index contributed by atoms with van der Waals surface area (Å²) in [5.74, 6) is 0.0303. The Morgan fingerprint density at radius 3 is 2.69 bits per heavy atom. The van der Waals surface area contributed by atoms with Crippen molar-refractivity contribution in [2.75, 3.05) is 6.54 Å². The monoisotopic (exact) mass is 349 g/mol. The number of nitrogens with zero attached hydrogens (tertiary/aromatic N) is 4. The first-order valence-electron chi connectivity index (χ1n) is 8.97. The van der Waals surface area contributed by atoms with Gasteiger partial charge in [-0.1, -0.05) is 30.3 Å². The topological polar surface area (TPSA) is 66.8 Å². The zero-order valence-corrected chi connectivity index (χ0v) is 15.4. The lowest BCUT2D eigenvalue weighted by Gasteiger charge is -2.25. The maximum absolute atomic E-state index is 13.4. The lowest BCUT2D eigenvalue weighted by molar-refractivity contribution is 0.0736. The summed E-state index contributed by atoms with van der Waals surface area (Å²) in [6, 6.07) is 9.94. The number of likely N-dealkylation sites (tertiary alicyclic amines) is 1.